The number of aryl methyl sites for hydroxylation is 2. The molecule has 0 bridgehead atoms. The van der Waals surface area contributed by atoms with Crippen molar-refractivity contribution in [2.45, 2.75) is 45.1 Å². The fourth-order valence-electron chi connectivity index (χ4n) is 1.75. The standard InChI is InChI=1S/C16H23BrN2O2S/c1-10-7-13(11(2)6-12(10)17)22-9-15(21)18-8-14(20)19-16(3,4)5/h6-7H,8-9H2,1-5H3,(H,18,21)(H,19,20). The van der Waals surface area contributed by atoms with E-state index in [1.54, 1.807) is 0 Å². The molecule has 22 heavy (non-hydrogen) atoms. The molecule has 6 heteroatoms. The van der Waals surface area contributed by atoms with Crippen LogP contribution in [0.3, 0.4) is 0 Å². The Morgan fingerprint density at radius 2 is 1.77 bits per heavy atom. The average Bonchev–Trinajstić information content (AvgIpc) is 2.37. The number of hydrogen-bond donors (Lipinski definition) is 2. The van der Waals surface area contributed by atoms with Gasteiger partial charge in [0.15, 0.2) is 0 Å². The molecule has 2 N–H and O–H groups in total. The average molecular weight is 387 g/mol. The molecule has 0 aliphatic rings. The molecular weight excluding hydrogens is 364 g/mol. The molecule has 4 nitrogen and oxygen atoms in total. The molecule has 122 valence electrons. The Kier molecular flexibility index (Phi) is 6.94. The lowest BCUT2D eigenvalue weighted by Crippen LogP contribution is -2.46. The van der Waals surface area contributed by atoms with Crippen LogP contribution in [0.25, 0.3) is 0 Å². The fourth-order valence-corrected chi connectivity index (χ4v) is 3.14. The molecule has 0 saturated carbocycles. The number of thioether (sulfide) groups is 1. The van der Waals surface area contributed by atoms with Crippen LogP contribution in [0.2, 0.25) is 0 Å². The molecule has 1 rings (SSSR count). The van der Waals surface area contributed by atoms with E-state index < -0.39 is 0 Å². The molecule has 0 radical (unpaired) electrons. The lowest BCUT2D eigenvalue weighted by Gasteiger charge is -2.20. The summed E-state index contributed by atoms with van der Waals surface area (Å²) in [7, 11) is 0. The van der Waals surface area contributed by atoms with Crippen molar-refractivity contribution in [3.8, 4) is 0 Å². The number of hydrogen-bond acceptors (Lipinski definition) is 3. The van der Waals surface area contributed by atoms with E-state index in [4.69, 9.17) is 0 Å². The highest BCUT2D eigenvalue weighted by Crippen LogP contribution is 2.28. The minimum Gasteiger partial charge on any atom is -0.350 e. The molecule has 0 heterocycles. The summed E-state index contributed by atoms with van der Waals surface area (Å²) in [6.07, 6.45) is 0. The third kappa shape index (κ3) is 6.83. The van der Waals surface area contributed by atoms with Crippen LogP contribution in [0, 0.1) is 13.8 Å². The predicted molar refractivity (Wildman–Crippen MR) is 95.2 cm³/mol. The van der Waals surface area contributed by atoms with Gasteiger partial charge in [0.25, 0.3) is 0 Å². The number of benzene rings is 1. The molecule has 0 unspecified atom stereocenters. The van der Waals surface area contributed by atoms with Crippen molar-refractivity contribution in [2.24, 2.45) is 0 Å². The van der Waals surface area contributed by atoms with E-state index in [0.717, 1.165) is 20.5 Å². The molecule has 0 aromatic heterocycles. The van der Waals surface area contributed by atoms with E-state index in [1.165, 1.54) is 11.8 Å². The molecule has 1 aromatic carbocycles. The van der Waals surface area contributed by atoms with Crippen molar-refractivity contribution < 1.29 is 9.59 Å². The van der Waals surface area contributed by atoms with Crippen molar-refractivity contribution in [2.75, 3.05) is 12.3 Å². The molecular formula is C16H23BrN2O2S. The Morgan fingerprint density at radius 1 is 1.14 bits per heavy atom. The number of rotatable bonds is 5. The summed E-state index contributed by atoms with van der Waals surface area (Å²) >= 11 is 4.97. The Labute approximate surface area is 144 Å². The number of halogens is 1. The van der Waals surface area contributed by atoms with Gasteiger partial charge in [-0.25, -0.2) is 0 Å². The van der Waals surface area contributed by atoms with E-state index >= 15 is 0 Å². The van der Waals surface area contributed by atoms with Crippen LogP contribution >= 0.6 is 27.7 Å². The third-order valence-corrected chi connectivity index (χ3v) is 4.79. The topological polar surface area (TPSA) is 58.2 Å². The van der Waals surface area contributed by atoms with Gasteiger partial charge in [-0.15, -0.1) is 11.8 Å². The summed E-state index contributed by atoms with van der Waals surface area (Å²) < 4.78 is 1.07. The highest BCUT2D eigenvalue weighted by molar-refractivity contribution is 9.10. The first-order valence-corrected chi connectivity index (χ1v) is 8.83. The fraction of sp³-hybridized carbons (Fsp3) is 0.500. The molecule has 0 atom stereocenters. The van der Waals surface area contributed by atoms with Crippen LogP contribution in [-0.2, 0) is 9.59 Å². The maximum absolute atomic E-state index is 11.8. The maximum Gasteiger partial charge on any atom is 0.239 e. The monoisotopic (exact) mass is 386 g/mol. The summed E-state index contributed by atoms with van der Waals surface area (Å²) in [5.41, 5.74) is 1.97. The molecule has 0 fully saturated rings. The zero-order valence-electron chi connectivity index (χ0n) is 13.7. The molecule has 0 spiro atoms. The second-order valence-corrected chi connectivity index (χ2v) is 8.10. The smallest absolute Gasteiger partial charge is 0.239 e. The Morgan fingerprint density at radius 3 is 2.36 bits per heavy atom. The Hall–Kier alpha value is -1.01. The van der Waals surface area contributed by atoms with Gasteiger partial charge < -0.3 is 10.6 Å². The summed E-state index contributed by atoms with van der Waals surface area (Å²) in [4.78, 5) is 24.5. The summed E-state index contributed by atoms with van der Waals surface area (Å²) in [5, 5.41) is 5.45. The van der Waals surface area contributed by atoms with Crippen LogP contribution in [0.4, 0.5) is 0 Å². The van der Waals surface area contributed by atoms with Crippen molar-refractivity contribution in [3.05, 3.63) is 27.7 Å². The van der Waals surface area contributed by atoms with Gasteiger partial charge in [-0.1, -0.05) is 15.9 Å². The van der Waals surface area contributed by atoms with E-state index in [1.807, 2.05) is 40.7 Å². The number of carbonyl (C=O) groups excluding carboxylic acids is 2. The highest BCUT2D eigenvalue weighted by Gasteiger charge is 2.14. The molecule has 0 aliphatic heterocycles. The molecule has 0 saturated heterocycles. The first-order valence-electron chi connectivity index (χ1n) is 7.06. The number of amides is 2. The van der Waals surface area contributed by atoms with Gasteiger partial charge in [0.2, 0.25) is 11.8 Å². The Balaban J connectivity index is 2.44. The molecule has 1 aromatic rings. The van der Waals surface area contributed by atoms with Gasteiger partial charge in [-0.05, 0) is 57.9 Å². The van der Waals surface area contributed by atoms with Crippen LogP contribution in [0.15, 0.2) is 21.5 Å². The number of nitrogens with one attached hydrogen (secondary N) is 2. The first-order chi connectivity index (χ1) is 10.1. The second kappa shape index (κ2) is 8.02. The van der Waals surface area contributed by atoms with Crippen LogP contribution in [0.5, 0.6) is 0 Å². The highest BCUT2D eigenvalue weighted by atomic mass is 79.9. The lowest BCUT2D eigenvalue weighted by atomic mass is 10.1. The Bertz CT molecular complexity index is 568. The minimum absolute atomic E-state index is 0.00894. The SMILES string of the molecule is Cc1cc(SCC(=O)NCC(=O)NC(C)(C)C)c(C)cc1Br. The van der Waals surface area contributed by atoms with E-state index in [9.17, 15) is 9.59 Å². The van der Waals surface area contributed by atoms with Crippen LogP contribution in [-0.4, -0.2) is 29.7 Å². The van der Waals surface area contributed by atoms with Crippen LogP contribution < -0.4 is 10.6 Å². The minimum atomic E-state index is -0.289. The summed E-state index contributed by atoms with van der Waals surface area (Å²) in [6.45, 7) is 9.75. The van der Waals surface area contributed by atoms with Gasteiger partial charge in [0.05, 0.1) is 12.3 Å². The van der Waals surface area contributed by atoms with Gasteiger partial charge in [-0.3, -0.25) is 9.59 Å². The van der Waals surface area contributed by atoms with E-state index in [2.05, 4.69) is 32.6 Å². The molecule has 2 amide bonds. The largest absolute Gasteiger partial charge is 0.350 e. The maximum atomic E-state index is 11.8. The van der Waals surface area contributed by atoms with Gasteiger partial charge in [0, 0.05) is 14.9 Å². The van der Waals surface area contributed by atoms with Gasteiger partial charge in [0.1, 0.15) is 0 Å². The van der Waals surface area contributed by atoms with Crippen molar-refractivity contribution in [1.82, 2.24) is 10.6 Å². The van der Waals surface area contributed by atoms with Gasteiger partial charge >= 0.3 is 0 Å². The predicted octanol–water partition coefficient (Wildman–Crippen LogP) is 3.19. The lowest BCUT2D eigenvalue weighted by molar-refractivity contribution is -0.125. The van der Waals surface area contributed by atoms with E-state index in [-0.39, 0.29) is 23.9 Å². The summed E-state index contributed by atoms with van der Waals surface area (Å²) in [6, 6.07) is 4.11. The third-order valence-electron chi connectivity index (χ3n) is 2.78. The summed E-state index contributed by atoms with van der Waals surface area (Å²) in [5.74, 6) is -0.0272. The normalized spacial score (nSPS) is 11.2. The quantitative estimate of drug-likeness (QED) is 0.763. The van der Waals surface area contributed by atoms with Crippen molar-refractivity contribution in [3.63, 3.8) is 0 Å². The first kappa shape index (κ1) is 19.0. The number of carbonyl (C=O) groups is 2. The van der Waals surface area contributed by atoms with Crippen molar-refractivity contribution in [1.29, 1.82) is 0 Å². The zero-order valence-corrected chi connectivity index (χ0v) is 16.1. The zero-order chi connectivity index (χ0) is 16.9. The van der Waals surface area contributed by atoms with Crippen LogP contribution in [0.1, 0.15) is 31.9 Å². The van der Waals surface area contributed by atoms with Gasteiger partial charge in [-0.2, -0.15) is 0 Å². The van der Waals surface area contributed by atoms with Crippen molar-refractivity contribution >= 4 is 39.5 Å². The second-order valence-electron chi connectivity index (χ2n) is 6.23. The molecule has 0 aliphatic carbocycles. The van der Waals surface area contributed by atoms with E-state index in [0.29, 0.717) is 5.75 Å².